The third-order valence-electron chi connectivity index (χ3n) is 4.41. The van der Waals surface area contributed by atoms with Crippen molar-refractivity contribution in [2.45, 2.75) is 45.8 Å². The summed E-state index contributed by atoms with van der Waals surface area (Å²) in [4.78, 5) is 19.5. The highest BCUT2D eigenvalue weighted by Gasteiger charge is 2.27. The number of carbonyl (C=O) groups excluding carboxylic acids is 1. The van der Waals surface area contributed by atoms with Crippen molar-refractivity contribution in [1.82, 2.24) is 4.98 Å². The smallest absolute Gasteiger partial charge is 0.338 e. The Hall–Kier alpha value is -1.66. The van der Waals surface area contributed by atoms with Gasteiger partial charge in [0.1, 0.15) is 5.82 Å². The van der Waals surface area contributed by atoms with Crippen molar-refractivity contribution in [3.8, 4) is 0 Å². The van der Waals surface area contributed by atoms with Crippen LogP contribution >= 0.6 is 0 Å². The number of esters is 1. The van der Waals surface area contributed by atoms with E-state index < -0.39 is 0 Å². The van der Waals surface area contributed by atoms with Crippen LogP contribution in [0, 0.1) is 0 Å². The Morgan fingerprint density at radius 2 is 2.00 bits per heavy atom. The minimum Gasteiger partial charge on any atom is -0.462 e. The van der Waals surface area contributed by atoms with Gasteiger partial charge in [-0.3, -0.25) is 0 Å². The molecule has 0 unspecified atom stereocenters. The molecule has 6 nitrogen and oxygen atoms in total. The molecule has 1 aromatic rings. The molecule has 0 spiro atoms. The molecule has 132 valence electrons. The molecule has 2 aliphatic heterocycles. The lowest BCUT2D eigenvalue weighted by molar-refractivity contribution is -0.00547. The summed E-state index contributed by atoms with van der Waals surface area (Å²) in [6.45, 7) is 9.12. The van der Waals surface area contributed by atoms with Crippen LogP contribution in [-0.4, -0.2) is 56.1 Å². The van der Waals surface area contributed by atoms with Gasteiger partial charge in [-0.25, -0.2) is 9.78 Å². The summed E-state index contributed by atoms with van der Waals surface area (Å²) in [5, 5.41) is 0. The van der Waals surface area contributed by atoms with Crippen LogP contribution in [0.4, 0.5) is 5.82 Å². The number of aromatic nitrogens is 1. The standard InChI is InChI=1S/C18H26N2O4/c1-4-23-18(21)15-9-17(20-10-12(2)24-13(3)11-20)19-16-6-8-22-7-5-14(15)16/h9,12-13H,4-8,10-11H2,1-3H3/t12-,13+. The van der Waals surface area contributed by atoms with E-state index in [9.17, 15) is 4.79 Å². The van der Waals surface area contributed by atoms with Crippen LogP contribution in [0.5, 0.6) is 0 Å². The zero-order valence-corrected chi connectivity index (χ0v) is 14.7. The van der Waals surface area contributed by atoms with E-state index in [1.807, 2.05) is 13.0 Å². The highest BCUT2D eigenvalue weighted by atomic mass is 16.5. The van der Waals surface area contributed by atoms with Crippen LogP contribution in [0.25, 0.3) is 0 Å². The van der Waals surface area contributed by atoms with Gasteiger partial charge < -0.3 is 19.1 Å². The fraction of sp³-hybridized carbons (Fsp3) is 0.667. The van der Waals surface area contributed by atoms with Gasteiger partial charge in [0.2, 0.25) is 0 Å². The lowest BCUT2D eigenvalue weighted by Gasteiger charge is -2.36. The molecule has 0 saturated carbocycles. The van der Waals surface area contributed by atoms with Crippen molar-refractivity contribution in [2.24, 2.45) is 0 Å². The van der Waals surface area contributed by atoms with Gasteiger partial charge in [-0.1, -0.05) is 0 Å². The van der Waals surface area contributed by atoms with E-state index in [-0.39, 0.29) is 18.2 Å². The largest absolute Gasteiger partial charge is 0.462 e. The zero-order valence-electron chi connectivity index (χ0n) is 14.7. The molecule has 6 heteroatoms. The maximum atomic E-state index is 12.5. The van der Waals surface area contributed by atoms with Gasteiger partial charge in [0.15, 0.2) is 0 Å². The molecule has 0 radical (unpaired) electrons. The molecule has 3 heterocycles. The maximum Gasteiger partial charge on any atom is 0.338 e. The summed E-state index contributed by atoms with van der Waals surface area (Å²) in [5.74, 6) is 0.564. The molecule has 2 atom stereocenters. The van der Waals surface area contributed by atoms with Crippen LogP contribution in [0.3, 0.4) is 0 Å². The van der Waals surface area contributed by atoms with Crippen LogP contribution in [0.1, 0.15) is 42.4 Å². The Balaban J connectivity index is 1.99. The summed E-state index contributed by atoms with van der Waals surface area (Å²) in [5.41, 5.74) is 2.57. The molecule has 1 saturated heterocycles. The molecular formula is C18H26N2O4. The number of anilines is 1. The predicted molar refractivity (Wildman–Crippen MR) is 90.6 cm³/mol. The van der Waals surface area contributed by atoms with Crippen LogP contribution in [-0.2, 0) is 27.1 Å². The Bertz CT molecular complexity index is 595. The second-order valence-electron chi connectivity index (χ2n) is 6.45. The van der Waals surface area contributed by atoms with E-state index in [1.165, 1.54) is 0 Å². The predicted octanol–water partition coefficient (Wildman–Crippen LogP) is 1.99. The van der Waals surface area contributed by atoms with Gasteiger partial charge in [0.25, 0.3) is 0 Å². The number of morpholine rings is 1. The molecule has 0 bridgehead atoms. The van der Waals surface area contributed by atoms with Gasteiger partial charge in [0, 0.05) is 25.2 Å². The highest BCUT2D eigenvalue weighted by Crippen LogP contribution is 2.26. The van der Waals surface area contributed by atoms with E-state index in [2.05, 4.69) is 18.7 Å². The van der Waals surface area contributed by atoms with Crippen molar-refractivity contribution in [3.05, 3.63) is 22.9 Å². The van der Waals surface area contributed by atoms with Crippen molar-refractivity contribution in [2.75, 3.05) is 37.8 Å². The molecule has 0 N–H and O–H groups in total. The average molecular weight is 334 g/mol. The Morgan fingerprint density at radius 3 is 2.71 bits per heavy atom. The van der Waals surface area contributed by atoms with Gasteiger partial charge in [-0.05, 0) is 38.8 Å². The van der Waals surface area contributed by atoms with Crippen molar-refractivity contribution >= 4 is 11.8 Å². The summed E-state index contributed by atoms with van der Waals surface area (Å²) in [7, 11) is 0. The fourth-order valence-electron chi connectivity index (χ4n) is 3.46. The summed E-state index contributed by atoms with van der Waals surface area (Å²) >= 11 is 0. The summed E-state index contributed by atoms with van der Waals surface area (Å²) in [6, 6.07) is 1.88. The lowest BCUT2D eigenvalue weighted by Crippen LogP contribution is -2.46. The second kappa shape index (κ2) is 7.49. The van der Waals surface area contributed by atoms with Gasteiger partial charge in [-0.2, -0.15) is 0 Å². The van der Waals surface area contributed by atoms with Gasteiger partial charge in [0.05, 0.1) is 37.6 Å². The molecule has 0 aromatic carbocycles. The number of rotatable bonds is 3. The number of fused-ring (bicyclic) bond motifs is 1. The molecule has 0 aliphatic carbocycles. The third-order valence-corrected chi connectivity index (χ3v) is 4.41. The van der Waals surface area contributed by atoms with E-state index in [4.69, 9.17) is 19.2 Å². The van der Waals surface area contributed by atoms with Crippen LogP contribution in [0.15, 0.2) is 6.07 Å². The quantitative estimate of drug-likeness (QED) is 0.788. The van der Waals surface area contributed by atoms with E-state index in [0.717, 1.165) is 36.6 Å². The monoisotopic (exact) mass is 334 g/mol. The molecule has 1 fully saturated rings. The zero-order chi connectivity index (χ0) is 17.1. The summed E-state index contributed by atoms with van der Waals surface area (Å²) in [6.07, 6.45) is 1.71. The Morgan fingerprint density at radius 1 is 1.29 bits per heavy atom. The topological polar surface area (TPSA) is 60.9 Å². The Labute approximate surface area is 143 Å². The Kier molecular flexibility index (Phi) is 5.36. The molecular weight excluding hydrogens is 308 g/mol. The molecule has 0 amide bonds. The minimum atomic E-state index is -0.270. The molecule has 24 heavy (non-hydrogen) atoms. The third kappa shape index (κ3) is 3.70. The first kappa shape index (κ1) is 17.2. The number of ether oxygens (including phenoxy) is 3. The van der Waals surface area contributed by atoms with Crippen LogP contribution < -0.4 is 4.90 Å². The second-order valence-corrected chi connectivity index (χ2v) is 6.45. The molecule has 2 aliphatic rings. The van der Waals surface area contributed by atoms with Crippen molar-refractivity contribution < 1.29 is 19.0 Å². The van der Waals surface area contributed by atoms with E-state index in [1.54, 1.807) is 0 Å². The first-order valence-corrected chi connectivity index (χ1v) is 8.76. The van der Waals surface area contributed by atoms with Crippen molar-refractivity contribution in [3.63, 3.8) is 0 Å². The number of hydrogen-bond donors (Lipinski definition) is 0. The SMILES string of the molecule is CCOC(=O)c1cc(N2C[C@@H](C)O[C@@H](C)C2)nc2c1CCOCC2. The number of carbonyl (C=O) groups is 1. The molecule has 3 rings (SSSR count). The first-order valence-electron chi connectivity index (χ1n) is 8.76. The lowest BCUT2D eigenvalue weighted by atomic mass is 10.0. The van der Waals surface area contributed by atoms with Gasteiger partial charge >= 0.3 is 5.97 Å². The number of hydrogen-bond acceptors (Lipinski definition) is 6. The van der Waals surface area contributed by atoms with Gasteiger partial charge in [-0.15, -0.1) is 0 Å². The number of pyridine rings is 1. The van der Waals surface area contributed by atoms with E-state index >= 15 is 0 Å². The number of nitrogens with zero attached hydrogens (tertiary/aromatic N) is 2. The highest BCUT2D eigenvalue weighted by molar-refractivity contribution is 5.92. The normalized spacial score (nSPS) is 24.2. The maximum absolute atomic E-state index is 12.5. The fourth-order valence-corrected chi connectivity index (χ4v) is 3.46. The average Bonchev–Trinajstić information content (AvgIpc) is 2.78. The minimum absolute atomic E-state index is 0.142. The van der Waals surface area contributed by atoms with Crippen LogP contribution in [0.2, 0.25) is 0 Å². The van der Waals surface area contributed by atoms with Crippen molar-refractivity contribution in [1.29, 1.82) is 0 Å². The molecule has 1 aromatic heterocycles. The summed E-state index contributed by atoms with van der Waals surface area (Å²) < 4.78 is 16.6. The first-order chi connectivity index (χ1) is 11.6. The van der Waals surface area contributed by atoms with E-state index in [0.29, 0.717) is 31.8 Å².